The molecule has 1 aliphatic heterocycles. The van der Waals surface area contributed by atoms with Crippen LogP contribution >= 0.6 is 0 Å². The monoisotopic (exact) mass is 215 g/mol. The van der Waals surface area contributed by atoms with Gasteiger partial charge in [0.25, 0.3) is 0 Å². The van der Waals surface area contributed by atoms with Crippen LogP contribution in [0.4, 0.5) is 0 Å². The Morgan fingerprint density at radius 1 is 1.56 bits per heavy atom. The molecule has 0 amide bonds. The van der Waals surface area contributed by atoms with Crippen molar-refractivity contribution in [3.63, 3.8) is 0 Å². The normalized spacial score (nSPS) is 17.2. The Kier molecular flexibility index (Phi) is 4.97. The van der Waals surface area contributed by atoms with Crippen LogP contribution in [-0.4, -0.2) is 6.21 Å². The van der Waals surface area contributed by atoms with E-state index in [0.717, 1.165) is 25.0 Å². The molecule has 0 saturated carbocycles. The predicted molar refractivity (Wildman–Crippen MR) is 72.8 cm³/mol. The van der Waals surface area contributed by atoms with Crippen molar-refractivity contribution in [2.75, 3.05) is 0 Å². The summed E-state index contributed by atoms with van der Waals surface area (Å²) in [6.45, 7) is 10.3. The van der Waals surface area contributed by atoms with Gasteiger partial charge in [0.15, 0.2) is 0 Å². The largest absolute Gasteiger partial charge is 0.261 e. The number of rotatable bonds is 5. The van der Waals surface area contributed by atoms with Crippen LogP contribution in [0.5, 0.6) is 0 Å². The summed E-state index contributed by atoms with van der Waals surface area (Å²) < 4.78 is 0. The molecule has 0 aromatic carbocycles. The van der Waals surface area contributed by atoms with Crippen LogP contribution in [-0.2, 0) is 0 Å². The molecule has 0 aliphatic carbocycles. The van der Waals surface area contributed by atoms with Crippen molar-refractivity contribution in [3.8, 4) is 0 Å². The van der Waals surface area contributed by atoms with Gasteiger partial charge in [0.2, 0.25) is 0 Å². The van der Waals surface area contributed by atoms with Gasteiger partial charge in [-0.3, -0.25) is 4.99 Å². The summed E-state index contributed by atoms with van der Waals surface area (Å²) in [5.41, 5.74) is 5.05. The second kappa shape index (κ2) is 6.26. The van der Waals surface area contributed by atoms with Crippen LogP contribution in [0.3, 0.4) is 0 Å². The maximum absolute atomic E-state index is 4.41. The van der Waals surface area contributed by atoms with Crippen LogP contribution in [0.2, 0.25) is 0 Å². The Bertz CT molecular complexity index is 378. The summed E-state index contributed by atoms with van der Waals surface area (Å²) in [4.78, 5) is 4.41. The minimum Gasteiger partial charge on any atom is -0.261 e. The van der Waals surface area contributed by atoms with Crippen molar-refractivity contribution in [3.05, 3.63) is 47.2 Å². The summed E-state index contributed by atoms with van der Waals surface area (Å²) in [6.07, 6.45) is 11.4. The third-order valence-corrected chi connectivity index (χ3v) is 2.80. The van der Waals surface area contributed by atoms with E-state index in [4.69, 9.17) is 0 Å². The molecule has 0 spiro atoms. The molecule has 0 N–H and O–H groups in total. The number of hydrogen-bond donors (Lipinski definition) is 0. The minimum absolute atomic E-state index is 0.991. The number of hydrogen-bond acceptors (Lipinski definition) is 1. The summed E-state index contributed by atoms with van der Waals surface area (Å²) >= 11 is 0. The van der Waals surface area contributed by atoms with Crippen molar-refractivity contribution in [1.29, 1.82) is 0 Å². The molecule has 1 aliphatic rings. The molecule has 0 atom stereocenters. The van der Waals surface area contributed by atoms with E-state index < -0.39 is 0 Å². The van der Waals surface area contributed by atoms with Crippen LogP contribution in [0.25, 0.3) is 0 Å². The predicted octanol–water partition coefficient (Wildman–Crippen LogP) is 4.59. The van der Waals surface area contributed by atoms with Gasteiger partial charge >= 0.3 is 0 Å². The van der Waals surface area contributed by atoms with Crippen LogP contribution in [0.1, 0.15) is 40.0 Å². The maximum Gasteiger partial charge on any atom is 0.0621 e. The standard InChI is InChI=1S/C15H21N/c1-5-8-14(13(6-2)7-3)11-15-12(4)9-10-16-15/h6-7,10-11H,2,5,8-9H2,1,3-4H3/b13-7+,14-11+. The lowest BCUT2D eigenvalue weighted by molar-refractivity contribution is 0.915. The SMILES string of the molecule is C=CC(=C\C)/C(=C/C1=C(C)CC=N1)CCC. The average Bonchev–Trinajstić information content (AvgIpc) is 2.66. The molecule has 0 radical (unpaired) electrons. The van der Waals surface area contributed by atoms with E-state index in [9.17, 15) is 0 Å². The molecule has 16 heavy (non-hydrogen) atoms. The smallest absolute Gasteiger partial charge is 0.0621 e. The van der Waals surface area contributed by atoms with E-state index >= 15 is 0 Å². The van der Waals surface area contributed by atoms with Crippen molar-refractivity contribution >= 4 is 6.21 Å². The molecule has 0 aromatic heterocycles. The molecule has 86 valence electrons. The highest BCUT2D eigenvalue weighted by atomic mass is 14.7. The quantitative estimate of drug-likeness (QED) is 0.595. The highest BCUT2D eigenvalue weighted by molar-refractivity contribution is 5.68. The van der Waals surface area contributed by atoms with Crippen LogP contribution < -0.4 is 0 Å². The number of allylic oxidation sites excluding steroid dienone is 6. The lowest BCUT2D eigenvalue weighted by Crippen LogP contribution is -1.88. The van der Waals surface area contributed by atoms with Gasteiger partial charge in [-0.15, -0.1) is 0 Å². The fourth-order valence-electron chi connectivity index (χ4n) is 1.82. The van der Waals surface area contributed by atoms with Gasteiger partial charge in [-0.1, -0.05) is 32.1 Å². The van der Waals surface area contributed by atoms with Gasteiger partial charge in [0.05, 0.1) is 5.70 Å². The summed E-state index contributed by atoms with van der Waals surface area (Å²) in [5.74, 6) is 0. The number of aliphatic imine (C=N–C) groups is 1. The molecule has 1 heterocycles. The zero-order valence-electron chi connectivity index (χ0n) is 10.6. The molecule has 0 unspecified atom stereocenters. The molecule has 0 aromatic rings. The Morgan fingerprint density at radius 2 is 2.31 bits per heavy atom. The van der Waals surface area contributed by atoms with Gasteiger partial charge < -0.3 is 0 Å². The van der Waals surface area contributed by atoms with Gasteiger partial charge in [-0.05, 0) is 43.1 Å². The second-order valence-electron chi connectivity index (χ2n) is 4.05. The summed E-state index contributed by atoms with van der Waals surface area (Å²) in [7, 11) is 0. The van der Waals surface area contributed by atoms with Crippen molar-refractivity contribution in [1.82, 2.24) is 0 Å². The fourth-order valence-corrected chi connectivity index (χ4v) is 1.82. The Hall–Kier alpha value is -1.37. The van der Waals surface area contributed by atoms with E-state index in [2.05, 4.69) is 44.5 Å². The zero-order chi connectivity index (χ0) is 12.0. The molecule has 0 saturated heterocycles. The van der Waals surface area contributed by atoms with Gasteiger partial charge in [0.1, 0.15) is 0 Å². The first-order chi connectivity index (χ1) is 7.72. The third kappa shape index (κ3) is 3.06. The average molecular weight is 215 g/mol. The highest BCUT2D eigenvalue weighted by Crippen LogP contribution is 2.23. The molecular formula is C15H21N. The first kappa shape index (κ1) is 12.7. The fraction of sp³-hybridized carbons (Fsp3) is 0.400. The Morgan fingerprint density at radius 3 is 2.75 bits per heavy atom. The lowest BCUT2D eigenvalue weighted by Gasteiger charge is -2.07. The van der Waals surface area contributed by atoms with E-state index in [-0.39, 0.29) is 0 Å². The second-order valence-corrected chi connectivity index (χ2v) is 4.05. The first-order valence-corrected chi connectivity index (χ1v) is 5.94. The Balaban J connectivity index is 3.02. The van der Waals surface area contributed by atoms with E-state index in [0.29, 0.717) is 0 Å². The summed E-state index contributed by atoms with van der Waals surface area (Å²) in [6, 6.07) is 0. The Labute approximate surface area is 99.0 Å². The zero-order valence-corrected chi connectivity index (χ0v) is 10.6. The molecule has 1 heteroatoms. The maximum atomic E-state index is 4.41. The van der Waals surface area contributed by atoms with Crippen molar-refractivity contribution < 1.29 is 0 Å². The topological polar surface area (TPSA) is 12.4 Å². The third-order valence-electron chi connectivity index (χ3n) is 2.80. The first-order valence-electron chi connectivity index (χ1n) is 5.94. The molecule has 0 bridgehead atoms. The van der Waals surface area contributed by atoms with E-state index in [1.807, 2.05) is 12.3 Å². The van der Waals surface area contributed by atoms with Crippen molar-refractivity contribution in [2.24, 2.45) is 4.99 Å². The van der Waals surface area contributed by atoms with E-state index in [1.54, 1.807) is 0 Å². The van der Waals surface area contributed by atoms with Gasteiger partial charge in [-0.2, -0.15) is 0 Å². The van der Waals surface area contributed by atoms with Crippen molar-refractivity contribution in [2.45, 2.75) is 40.0 Å². The highest BCUT2D eigenvalue weighted by Gasteiger charge is 2.06. The van der Waals surface area contributed by atoms with Gasteiger partial charge in [-0.25, -0.2) is 0 Å². The number of nitrogens with zero attached hydrogens (tertiary/aromatic N) is 1. The van der Waals surface area contributed by atoms with Crippen LogP contribution in [0.15, 0.2) is 52.2 Å². The minimum atomic E-state index is 0.991. The van der Waals surface area contributed by atoms with Crippen LogP contribution in [0, 0.1) is 0 Å². The summed E-state index contributed by atoms with van der Waals surface area (Å²) in [5, 5.41) is 0. The molecular weight excluding hydrogens is 194 g/mol. The molecule has 0 fully saturated rings. The lowest BCUT2D eigenvalue weighted by atomic mass is 9.99. The molecule has 1 nitrogen and oxygen atoms in total. The van der Waals surface area contributed by atoms with E-state index in [1.165, 1.54) is 16.7 Å². The van der Waals surface area contributed by atoms with Gasteiger partial charge in [0, 0.05) is 12.6 Å². The molecule has 1 rings (SSSR count).